The third-order valence-electron chi connectivity index (χ3n) is 3.38. The number of hydrogen-bond acceptors (Lipinski definition) is 2. The Morgan fingerprint density at radius 1 is 0.952 bits per heavy atom. The molecule has 1 N–H and O–H groups in total. The van der Waals surface area contributed by atoms with Crippen molar-refractivity contribution in [2.75, 3.05) is 6.61 Å². The van der Waals surface area contributed by atoms with Crippen molar-refractivity contribution in [2.45, 2.75) is 13.3 Å². The zero-order valence-electron chi connectivity index (χ0n) is 11.9. The minimum atomic E-state index is -0.0762. The Morgan fingerprint density at radius 2 is 1.71 bits per heavy atom. The van der Waals surface area contributed by atoms with E-state index in [-0.39, 0.29) is 5.56 Å². The van der Waals surface area contributed by atoms with Crippen LogP contribution in [0.3, 0.4) is 0 Å². The van der Waals surface area contributed by atoms with Crippen molar-refractivity contribution in [2.24, 2.45) is 0 Å². The summed E-state index contributed by atoms with van der Waals surface area (Å²) >= 11 is 0. The molecule has 21 heavy (non-hydrogen) atoms. The fourth-order valence-corrected chi connectivity index (χ4v) is 2.30. The summed E-state index contributed by atoms with van der Waals surface area (Å²) in [6.07, 6.45) is 1.00. The summed E-state index contributed by atoms with van der Waals surface area (Å²) < 4.78 is 5.59. The lowest BCUT2D eigenvalue weighted by Crippen LogP contribution is -2.01. The predicted molar refractivity (Wildman–Crippen MR) is 85.8 cm³/mol. The first-order valence-corrected chi connectivity index (χ1v) is 7.12. The van der Waals surface area contributed by atoms with Crippen LogP contribution in [0, 0.1) is 0 Å². The van der Waals surface area contributed by atoms with Crippen LogP contribution in [0.5, 0.6) is 5.75 Å². The molecule has 106 valence electrons. The molecule has 0 spiro atoms. The van der Waals surface area contributed by atoms with Gasteiger partial charge in [-0.25, -0.2) is 0 Å². The van der Waals surface area contributed by atoms with E-state index < -0.39 is 0 Å². The number of pyridine rings is 1. The number of aromatic nitrogens is 1. The molecule has 0 unspecified atom stereocenters. The van der Waals surface area contributed by atoms with Gasteiger partial charge in [0.2, 0.25) is 5.56 Å². The van der Waals surface area contributed by atoms with E-state index in [4.69, 9.17) is 4.74 Å². The van der Waals surface area contributed by atoms with Gasteiger partial charge < -0.3 is 9.72 Å². The van der Waals surface area contributed by atoms with E-state index in [1.165, 1.54) is 0 Å². The number of ether oxygens (including phenoxy) is 1. The molecule has 0 bridgehead atoms. The van der Waals surface area contributed by atoms with Crippen molar-refractivity contribution in [3.05, 3.63) is 65.0 Å². The highest BCUT2D eigenvalue weighted by atomic mass is 16.5. The Kier molecular flexibility index (Phi) is 3.73. The first kappa shape index (κ1) is 13.4. The SMILES string of the molecule is CCCOc1ccc(-c2ccc3[nH]c(=O)ccc3c2)cc1. The maximum atomic E-state index is 11.3. The van der Waals surface area contributed by atoms with Crippen LogP contribution in [0.1, 0.15) is 13.3 Å². The molecule has 0 atom stereocenters. The molecule has 3 heteroatoms. The van der Waals surface area contributed by atoms with Gasteiger partial charge in [0.15, 0.2) is 0 Å². The third-order valence-corrected chi connectivity index (χ3v) is 3.38. The van der Waals surface area contributed by atoms with Gasteiger partial charge in [-0.05, 0) is 53.3 Å². The number of H-pyrrole nitrogens is 1. The summed E-state index contributed by atoms with van der Waals surface area (Å²) in [6.45, 7) is 2.83. The number of benzene rings is 2. The molecule has 2 aromatic carbocycles. The van der Waals surface area contributed by atoms with E-state index in [1.807, 2.05) is 30.3 Å². The summed E-state index contributed by atoms with van der Waals surface area (Å²) in [5.74, 6) is 0.894. The molecular weight excluding hydrogens is 262 g/mol. The van der Waals surface area contributed by atoms with Crippen molar-refractivity contribution >= 4 is 10.9 Å². The largest absolute Gasteiger partial charge is 0.494 e. The average Bonchev–Trinajstić information content (AvgIpc) is 2.53. The van der Waals surface area contributed by atoms with Crippen LogP contribution >= 0.6 is 0 Å². The van der Waals surface area contributed by atoms with Gasteiger partial charge in [-0.15, -0.1) is 0 Å². The molecule has 0 saturated heterocycles. The standard InChI is InChI=1S/C18H17NO2/c1-2-11-21-16-7-3-13(4-8-16)14-5-9-17-15(12-14)6-10-18(20)19-17/h3-10,12H,2,11H2,1H3,(H,19,20). The molecule has 0 saturated carbocycles. The molecule has 3 aromatic rings. The molecule has 0 aliphatic carbocycles. The van der Waals surface area contributed by atoms with E-state index >= 15 is 0 Å². The topological polar surface area (TPSA) is 42.1 Å². The first-order valence-electron chi connectivity index (χ1n) is 7.12. The van der Waals surface area contributed by atoms with Crippen molar-refractivity contribution < 1.29 is 4.74 Å². The van der Waals surface area contributed by atoms with Crippen LogP contribution in [0.15, 0.2) is 59.4 Å². The van der Waals surface area contributed by atoms with Gasteiger partial charge in [-0.2, -0.15) is 0 Å². The maximum absolute atomic E-state index is 11.3. The summed E-state index contributed by atoms with van der Waals surface area (Å²) in [5.41, 5.74) is 3.03. The van der Waals surface area contributed by atoms with Crippen molar-refractivity contribution in [3.8, 4) is 16.9 Å². The normalized spacial score (nSPS) is 10.7. The predicted octanol–water partition coefficient (Wildman–Crippen LogP) is 3.98. The van der Waals surface area contributed by atoms with Crippen LogP contribution < -0.4 is 10.3 Å². The lowest BCUT2D eigenvalue weighted by atomic mass is 10.0. The van der Waals surface area contributed by atoms with Crippen LogP contribution in [0.4, 0.5) is 0 Å². The smallest absolute Gasteiger partial charge is 0.248 e. The van der Waals surface area contributed by atoms with Crippen molar-refractivity contribution in [1.29, 1.82) is 0 Å². The van der Waals surface area contributed by atoms with E-state index in [9.17, 15) is 4.79 Å². The number of hydrogen-bond donors (Lipinski definition) is 1. The van der Waals surface area contributed by atoms with Crippen molar-refractivity contribution in [3.63, 3.8) is 0 Å². The van der Waals surface area contributed by atoms with Crippen LogP contribution in [0.25, 0.3) is 22.0 Å². The highest BCUT2D eigenvalue weighted by Crippen LogP contribution is 2.25. The van der Waals surface area contributed by atoms with Crippen LogP contribution in [-0.2, 0) is 0 Å². The van der Waals surface area contributed by atoms with Gasteiger partial charge >= 0.3 is 0 Å². The third kappa shape index (κ3) is 2.97. The summed E-state index contributed by atoms with van der Waals surface area (Å²) in [7, 11) is 0. The molecule has 3 rings (SSSR count). The minimum absolute atomic E-state index is 0.0762. The Hall–Kier alpha value is -2.55. The Bertz CT molecular complexity index is 803. The minimum Gasteiger partial charge on any atom is -0.494 e. The second-order valence-corrected chi connectivity index (χ2v) is 5.00. The molecule has 0 aliphatic heterocycles. The highest BCUT2D eigenvalue weighted by molar-refractivity contribution is 5.84. The van der Waals surface area contributed by atoms with Gasteiger partial charge in [-0.1, -0.05) is 25.1 Å². The number of rotatable bonds is 4. The number of fused-ring (bicyclic) bond motifs is 1. The Morgan fingerprint density at radius 3 is 2.48 bits per heavy atom. The van der Waals surface area contributed by atoms with Crippen LogP contribution in [-0.4, -0.2) is 11.6 Å². The molecule has 0 fully saturated rings. The van der Waals surface area contributed by atoms with Crippen molar-refractivity contribution in [1.82, 2.24) is 4.98 Å². The fraction of sp³-hybridized carbons (Fsp3) is 0.167. The second kappa shape index (κ2) is 5.83. The van der Waals surface area contributed by atoms with E-state index in [2.05, 4.69) is 30.1 Å². The molecule has 1 aromatic heterocycles. The lowest BCUT2D eigenvalue weighted by Gasteiger charge is -2.07. The Balaban J connectivity index is 1.92. The lowest BCUT2D eigenvalue weighted by molar-refractivity contribution is 0.317. The number of nitrogens with one attached hydrogen (secondary N) is 1. The van der Waals surface area contributed by atoms with Crippen LogP contribution in [0.2, 0.25) is 0 Å². The molecule has 0 radical (unpaired) electrons. The fourth-order valence-electron chi connectivity index (χ4n) is 2.30. The van der Waals surface area contributed by atoms with E-state index in [1.54, 1.807) is 6.07 Å². The monoisotopic (exact) mass is 279 g/mol. The zero-order chi connectivity index (χ0) is 14.7. The van der Waals surface area contributed by atoms with Gasteiger partial charge in [0.1, 0.15) is 5.75 Å². The van der Waals surface area contributed by atoms with Gasteiger partial charge in [0.25, 0.3) is 0 Å². The molecule has 1 heterocycles. The highest BCUT2D eigenvalue weighted by Gasteiger charge is 2.01. The summed E-state index contributed by atoms with van der Waals surface area (Å²) in [5, 5.41) is 1.03. The number of aromatic amines is 1. The zero-order valence-corrected chi connectivity index (χ0v) is 11.9. The molecular formula is C18H17NO2. The summed E-state index contributed by atoms with van der Waals surface area (Å²) in [4.78, 5) is 14.1. The second-order valence-electron chi connectivity index (χ2n) is 5.00. The molecule has 0 aliphatic rings. The van der Waals surface area contributed by atoms with Gasteiger partial charge in [0.05, 0.1) is 6.61 Å². The van der Waals surface area contributed by atoms with E-state index in [0.29, 0.717) is 0 Å². The maximum Gasteiger partial charge on any atom is 0.248 e. The Labute approximate surface area is 123 Å². The first-order chi connectivity index (χ1) is 10.3. The van der Waals surface area contributed by atoms with Gasteiger partial charge in [-0.3, -0.25) is 4.79 Å². The van der Waals surface area contributed by atoms with E-state index in [0.717, 1.165) is 40.8 Å². The van der Waals surface area contributed by atoms with Gasteiger partial charge in [0, 0.05) is 11.6 Å². The summed E-state index contributed by atoms with van der Waals surface area (Å²) in [6, 6.07) is 17.5. The average molecular weight is 279 g/mol. The quantitative estimate of drug-likeness (QED) is 0.784. The molecule has 0 amide bonds. The molecule has 3 nitrogen and oxygen atoms in total.